The number of nitrogens with zero attached hydrogens (tertiary/aromatic N) is 2. The minimum absolute atomic E-state index is 0.181. The largest absolute Gasteiger partial charge is 0.495 e. The molecule has 0 radical (unpaired) electrons. The maximum atomic E-state index is 10.8. The fourth-order valence-corrected chi connectivity index (χ4v) is 2.68. The topological polar surface area (TPSA) is 88.2 Å². The third-order valence-electron chi connectivity index (χ3n) is 3.78. The molecule has 1 amide bonds. The first-order valence-electron chi connectivity index (χ1n) is 8.29. The zero-order chi connectivity index (χ0) is 18.5. The zero-order valence-corrected chi connectivity index (χ0v) is 14.9. The molecule has 0 aliphatic heterocycles. The maximum Gasteiger partial charge on any atom is 0.212 e. The van der Waals surface area contributed by atoms with Gasteiger partial charge in [0, 0.05) is 17.1 Å². The van der Waals surface area contributed by atoms with Crippen LogP contribution in [0.5, 0.6) is 5.75 Å². The third kappa shape index (κ3) is 3.66. The number of carbonyl (C=O) groups excluding carboxylic acids is 1. The zero-order valence-electron chi connectivity index (χ0n) is 14.9. The summed E-state index contributed by atoms with van der Waals surface area (Å²) in [5.74, 6) is 1.16. The number of hydrogen-bond donors (Lipinski definition) is 3. The van der Waals surface area contributed by atoms with Gasteiger partial charge >= 0.3 is 0 Å². The average Bonchev–Trinajstić information content (AvgIpc) is 2.64. The van der Waals surface area contributed by atoms with Crippen LogP contribution in [0.1, 0.15) is 13.8 Å². The molecule has 2 aromatic carbocycles. The summed E-state index contributed by atoms with van der Waals surface area (Å²) in [6.07, 6.45) is 0.596. The van der Waals surface area contributed by atoms with Gasteiger partial charge in [-0.25, -0.2) is 0 Å². The Balaban J connectivity index is 2.01. The number of benzene rings is 2. The standard InChI is InChI=1S/C19H21N5O2/c1-12(2)21-18-14-9-8-13(10-16(14)23-24-19(18)20-11-25)22-15-6-4-5-7-17(15)26-3/h4-12,22H,1-3H3,(H,21,23)(H,20,24,25). The molecule has 1 aromatic heterocycles. The van der Waals surface area contributed by atoms with Crippen molar-refractivity contribution in [1.82, 2.24) is 10.2 Å². The molecule has 1 heterocycles. The van der Waals surface area contributed by atoms with Gasteiger partial charge in [0.1, 0.15) is 5.75 Å². The molecule has 0 aliphatic rings. The second-order valence-electron chi connectivity index (χ2n) is 6.04. The van der Waals surface area contributed by atoms with Gasteiger partial charge in [0.25, 0.3) is 0 Å². The molecule has 7 nitrogen and oxygen atoms in total. The van der Waals surface area contributed by atoms with E-state index in [2.05, 4.69) is 26.1 Å². The molecule has 3 rings (SSSR count). The van der Waals surface area contributed by atoms with Crippen molar-refractivity contribution < 1.29 is 9.53 Å². The van der Waals surface area contributed by atoms with E-state index in [1.807, 2.05) is 56.3 Å². The summed E-state index contributed by atoms with van der Waals surface area (Å²) in [4.78, 5) is 10.8. The number of rotatable bonds is 7. The van der Waals surface area contributed by atoms with Crippen LogP contribution < -0.4 is 20.7 Å². The normalized spacial score (nSPS) is 10.6. The summed E-state index contributed by atoms with van der Waals surface area (Å²) >= 11 is 0. The van der Waals surface area contributed by atoms with Crippen molar-refractivity contribution in [3.8, 4) is 5.75 Å². The Bertz CT molecular complexity index is 927. The van der Waals surface area contributed by atoms with Crippen molar-refractivity contribution in [3.05, 3.63) is 42.5 Å². The molecule has 3 aromatic rings. The lowest BCUT2D eigenvalue weighted by molar-refractivity contribution is -0.105. The van der Waals surface area contributed by atoms with Gasteiger partial charge < -0.3 is 20.7 Å². The number of aromatic nitrogens is 2. The number of nitrogens with one attached hydrogen (secondary N) is 3. The van der Waals surface area contributed by atoms with E-state index in [0.29, 0.717) is 17.7 Å². The number of hydrogen-bond acceptors (Lipinski definition) is 6. The number of para-hydroxylation sites is 2. The van der Waals surface area contributed by atoms with Gasteiger partial charge in [-0.15, -0.1) is 10.2 Å². The minimum atomic E-state index is 0.181. The number of fused-ring (bicyclic) bond motifs is 1. The Kier molecular flexibility index (Phi) is 5.17. The summed E-state index contributed by atoms with van der Waals surface area (Å²) in [7, 11) is 1.64. The summed E-state index contributed by atoms with van der Waals surface area (Å²) in [6, 6.07) is 13.7. The summed E-state index contributed by atoms with van der Waals surface area (Å²) in [5, 5.41) is 18.5. The lowest BCUT2D eigenvalue weighted by atomic mass is 10.1. The predicted molar refractivity (Wildman–Crippen MR) is 104 cm³/mol. The fourth-order valence-electron chi connectivity index (χ4n) is 2.68. The van der Waals surface area contributed by atoms with E-state index in [9.17, 15) is 4.79 Å². The number of anilines is 4. The number of methoxy groups -OCH3 is 1. The van der Waals surface area contributed by atoms with Crippen LogP contribution in [0.3, 0.4) is 0 Å². The van der Waals surface area contributed by atoms with Gasteiger partial charge in [0.05, 0.1) is 24.0 Å². The van der Waals surface area contributed by atoms with E-state index < -0.39 is 0 Å². The van der Waals surface area contributed by atoms with Crippen LogP contribution in [-0.4, -0.2) is 29.8 Å². The molecule has 134 valence electrons. The highest BCUT2D eigenvalue weighted by Crippen LogP contribution is 2.32. The van der Waals surface area contributed by atoms with Gasteiger partial charge in [0.2, 0.25) is 6.41 Å². The van der Waals surface area contributed by atoms with E-state index in [4.69, 9.17) is 4.74 Å². The van der Waals surface area contributed by atoms with Crippen molar-refractivity contribution >= 4 is 40.2 Å². The van der Waals surface area contributed by atoms with E-state index >= 15 is 0 Å². The van der Waals surface area contributed by atoms with Crippen LogP contribution in [0.2, 0.25) is 0 Å². The Morgan fingerprint density at radius 3 is 2.65 bits per heavy atom. The first kappa shape index (κ1) is 17.5. The lowest BCUT2D eigenvalue weighted by Crippen LogP contribution is -2.13. The van der Waals surface area contributed by atoms with Gasteiger partial charge in [-0.3, -0.25) is 4.79 Å². The van der Waals surface area contributed by atoms with E-state index in [-0.39, 0.29) is 6.04 Å². The summed E-state index contributed by atoms with van der Waals surface area (Å²) in [6.45, 7) is 4.04. The van der Waals surface area contributed by atoms with Crippen molar-refractivity contribution in [2.75, 3.05) is 23.1 Å². The average molecular weight is 351 g/mol. The monoisotopic (exact) mass is 351 g/mol. The van der Waals surface area contributed by atoms with Crippen molar-refractivity contribution in [2.45, 2.75) is 19.9 Å². The Morgan fingerprint density at radius 2 is 1.92 bits per heavy atom. The van der Waals surface area contributed by atoms with Gasteiger partial charge in [-0.2, -0.15) is 0 Å². The molecule has 0 saturated carbocycles. The highest BCUT2D eigenvalue weighted by atomic mass is 16.5. The molecule has 0 atom stereocenters. The van der Waals surface area contributed by atoms with E-state index in [0.717, 1.165) is 28.2 Å². The van der Waals surface area contributed by atoms with E-state index in [1.54, 1.807) is 7.11 Å². The molecule has 0 aliphatic carbocycles. The summed E-state index contributed by atoms with van der Waals surface area (Å²) < 4.78 is 5.37. The highest BCUT2D eigenvalue weighted by Gasteiger charge is 2.12. The van der Waals surface area contributed by atoms with Crippen LogP contribution in [0, 0.1) is 0 Å². The Labute approximate surface area is 151 Å². The van der Waals surface area contributed by atoms with Crippen LogP contribution in [0.15, 0.2) is 42.5 Å². The van der Waals surface area contributed by atoms with Crippen molar-refractivity contribution in [3.63, 3.8) is 0 Å². The van der Waals surface area contributed by atoms with Crippen LogP contribution in [0.25, 0.3) is 10.9 Å². The third-order valence-corrected chi connectivity index (χ3v) is 3.78. The molecule has 0 unspecified atom stereocenters. The first-order chi connectivity index (χ1) is 12.6. The molecule has 0 bridgehead atoms. The predicted octanol–water partition coefficient (Wildman–Crippen LogP) is 3.77. The molecule has 7 heteroatoms. The SMILES string of the molecule is COc1ccccc1Nc1ccc2c(NC(C)C)c(NC=O)nnc2c1. The Morgan fingerprint density at radius 1 is 1.12 bits per heavy atom. The molecule has 0 spiro atoms. The molecule has 3 N–H and O–H groups in total. The molecular formula is C19H21N5O2. The Hall–Kier alpha value is -3.35. The second kappa shape index (κ2) is 7.69. The molecule has 26 heavy (non-hydrogen) atoms. The molecular weight excluding hydrogens is 330 g/mol. The second-order valence-corrected chi connectivity index (χ2v) is 6.04. The van der Waals surface area contributed by atoms with Crippen LogP contribution in [0.4, 0.5) is 22.9 Å². The highest BCUT2D eigenvalue weighted by molar-refractivity contribution is 5.99. The summed E-state index contributed by atoms with van der Waals surface area (Å²) in [5.41, 5.74) is 3.19. The lowest BCUT2D eigenvalue weighted by Gasteiger charge is -2.16. The molecule has 0 fully saturated rings. The van der Waals surface area contributed by atoms with E-state index in [1.165, 1.54) is 0 Å². The van der Waals surface area contributed by atoms with Crippen molar-refractivity contribution in [1.29, 1.82) is 0 Å². The fraction of sp³-hybridized carbons (Fsp3) is 0.211. The smallest absolute Gasteiger partial charge is 0.212 e. The van der Waals surface area contributed by atoms with Gasteiger partial charge in [0.15, 0.2) is 5.82 Å². The molecule has 0 saturated heterocycles. The first-order valence-corrected chi connectivity index (χ1v) is 8.29. The number of carbonyl (C=O) groups is 1. The van der Waals surface area contributed by atoms with Crippen molar-refractivity contribution in [2.24, 2.45) is 0 Å². The van der Waals surface area contributed by atoms with Crippen LogP contribution in [-0.2, 0) is 4.79 Å². The van der Waals surface area contributed by atoms with Crippen LogP contribution >= 0.6 is 0 Å². The number of ether oxygens (including phenoxy) is 1. The number of amides is 1. The quantitative estimate of drug-likeness (QED) is 0.562. The van der Waals surface area contributed by atoms with Gasteiger partial charge in [-0.1, -0.05) is 12.1 Å². The van der Waals surface area contributed by atoms with Gasteiger partial charge in [-0.05, 0) is 44.2 Å². The minimum Gasteiger partial charge on any atom is -0.495 e. The maximum absolute atomic E-state index is 10.8.